The molecule has 4 nitrogen and oxygen atoms in total. The Balaban J connectivity index is 2.14. The van der Waals surface area contributed by atoms with Crippen LogP contribution in [0.15, 0.2) is 42.6 Å². The van der Waals surface area contributed by atoms with Crippen LogP contribution in [0.3, 0.4) is 0 Å². The first-order valence-corrected chi connectivity index (χ1v) is 6.84. The van der Waals surface area contributed by atoms with Crippen LogP contribution >= 0.6 is 15.9 Å². The summed E-state index contributed by atoms with van der Waals surface area (Å²) in [5.41, 5.74) is 2.08. The van der Waals surface area contributed by atoms with Crippen LogP contribution in [0.5, 0.6) is 0 Å². The number of imide groups is 1. The van der Waals surface area contributed by atoms with Gasteiger partial charge in [0.1, 0.15) is 0 Å². The highest BCUT2D eigenvalue weighted by molar-refractivity contribution is 9.08. The molecule has 0 fully saturated rings. The molecule has 1 aromatic heterocycles. The Kier molecular flexibility index (Phi) is 2.91. The number of pyridine rings is 1. The van der Waals surface area contributed by atoms with Gasteiger partial charge in [0.25, 0.3) is 11.8 Å². The number of halogens is 1. The molecule has 0 radical (unpaired) electrons. The molecule has 94 valence electrons. The Morgan fingerprint density at radius 2 is 1.63 bits per heavy atom. The van der Waals surface area contributed by atoms with Crippen LogP contribution in [0.4, 0.5) is 5.69 Å². The SMILES string of the molecule is O=C1c2ccccc2C(=O)N1c1cccnc1CBr. The quantitative estimate of drug-likeness (QED) is 0.632. The number of carbonyl (C=O) groups excluding carboxylic acids is 2. The van der Waals surface area contributed by atoms with E-state index < -0.39 is 0 Å². The molecule has 0 saturated carbocycles. The number of amides is 2. The Hall–Kier alpha value is -2.01. The molecule has 3 rings (SSSR count). The highest BCUT2D eigenvalue weighted by Crippen LogP contribution is 2.30. The first-order valence-electron chi connectivity index (χ1n) is 5.71. The zero-order valence-corrected chi connectivity index (χ0v) is 11.4. The maximum Gasteiger partial charge on any atom is 0.266 e. The van der Waals surface area contributed by atoms with Crippen molar-refractivity contribution in [2.45, 2.75) is 5.33 Å². The number of aromatic nitrogens is 1. The number of rotatable bonds is 2. The third kappa shape index (κ3) is 1.77. The van der Waals surface area contributed by atoms with E-state index in [0.717, 1.165) is 0 Å². The summed E-state index contributed by atoms with van der Waals surface area (Å²) in [6, 6.07) is 10.3. The molecule has 5 heteroatoms. The fourth-order valence-electron chi connectivity index (χ4n) is 2.14. The van der Waals surface area contributed by atoms with Crippen LogP contribution in [0, 0.1) is 0 Å². The van der Waals surface area contributed by atoms with Crippen molar-refractivity contribution in [3.05, 3.63) is 59.4 Å². The van der Waals surface area contributed by atoms with Gasteiger partial charge in [-0.2, -0.15) is 0 Å². The van der Waals surface area contributed by atoms with E-state index in [1.165, 1.54) is 4.90 Å². The predicted molar refractivity (Wildman–Crippen MR) is 74.5 cm³/mol. The van der Waals surface area contributed by atoms with Crippen LogP contribution in [0.1, 0.15) is 26.4 Å². The second-order valence-corrected chi connectivity index (χ2v) is 4.65. The highest BCUT2D eigenvalue weighted by Gasteiger charge is 2.37. The number of hydrogen-bond donors (Lipinski definition) is 0. The largest absolute Gasteiger partial charge is 0.268 e. The van der Waals surface area contributed by atoms with Crippen molar-refractivity contribution in [2.24, 2.45) is 0 Å². The molecule has 2 aromatic rings. The second kappa shape index (κ2) is 4.59. The van der Waals surface area contributed by atoms with Gasteiger partial charge in [0.2, 0.25) is 0 Å². The van der Waals surface area contributed by atoms with Gasteiger partial charge < -0.3 is 0 Å². The Labute approximate surface area is 118 Å². The van der Waals surface area contributed by atoms with Gasteiger partial charge in [-0.15, -0.1) is 0 Å². The molecule has 0 spiro atoms. The molecule has 2 heterocycles. The van der Waals surface area contributed by atoms with Crippen molar-refractivity contribution < 1.29 is 9.59 Å². The monoisotopic (exact) mass is 316 g/mol. The third-order valence-corrected chi connectivity index (χ3v) is 3.56. The standard InChI is InChI=1S/C14H9BrN2O2/c15-8-11-12(6-3-7-16-11)17-13(18)9-4-1-2-5-10(9)14(17)19/h1-7H,8H2. The van der Waals surface area contributed by atoms with E-state index in [1.54, 1.807) is 42.6 Å². The normalized spacial score (nSPS) is 13.8. The highest BCUT2D eigenvalue weighted by atomic mass is 79.9. The topological polar surface area (TPSA) is 50.3 Å². The first kappa shape index (κ1) is 12.0. The maximum atomic E-state index is 12.3. The maximum absolute atomic E-state index is 12.3. The van der Waals surface area contributed by atoms with Crippen molar-refractivity contribution in [1.29, 1.82) is 0 Å². The van der Waals surface area contributed by atoms with E-state index in [0.29, 0.717) is 27.8 Å². The molecule has 0 unspecified atom stereocenters. The predicted octanol–water partition coefficient (Wildman–Crippen LogP) is 2.78. The molecule has 19 heavy (non-hydrogen) atoms. The summed E-state index contributed by atoms with van der Waals surface area (Å²) in [5.74, 6) is -0.591. The number of anilines is 1. The van der Waals surface area contributed by atoms with E-state index in [1.807, 2.05) is 0 Å². The Bertz CT molecular complexity index is 650. The van der Waals surface area contributed by atoms with Crippen molar-refractivity contribution in [2.75, 3.05) is 4.90 Å². The van der Waals surface area contributed by atoms with E-state index in [9.17, 15) is 9.59 Å². The lowest BCUT2D eigenvalue weighted by Crippen LogP contribution is -2.30. The van der Waals surface area contributed by atoms with Gasteiger partial charge in [0.15, 0.2) is 0 Å². The van der Waals surface area contributed by atoms with Crippen LogP contribution in [-0.4, -0.2) is 16.8 Å². The molecule has 0 atom stereocenters. The molecule has 1 aromatic carbocycles. The van der Waals surface area contributed by atoms with E-state index in [2.05, 4.69) is 20.9 Å². The number of alkyl halides is 1. The summed E-state index contributed by atoms with van der Waals surface area (Å²) < 4.78 is 0. The molecule has 1 aliphatic rings. The molecular formula is C14H9BrN2O2. The van der Waals surface area contributed by atoms with Crippen LogP contribution < -0.4 is 4.90 Å². The van der Waals surface area contributed by atoms with Crippen LogP contribution in [-0.2, 0) is 5.33 Å². The summed E-state index contributed by atoms with van der Waals surface area (Å²) in [6.45, 7) is 0. The third-order valence-electron chi connectivity index (χ3n) is 3.03. The molecule has 0 N–H and O–H groups in total. The van der Waals surface area contributed by atoms with Gasteiger partial charge in [0.05, 0.1) is 22.5 Å². The van der Waals surface area contributed by atoms with Crippen molar-refractivity contribution in [1.82, 2.24) is 4.98 Å². The van der Waals surface area contributed by atoms with Crippen molar-refractivity contribution in [3.8, 4) is 0 Å². The molecule has 0 aliphatic carbocycles. The molecule has 0 saturated heterocycles. The number of benzene rings is 1. The first-order chi connectivity index (χ1) is 9.24. The molecular weight excluding hydrogens is 308 g/mol. The lowest BCUT2D eigenvalue weighted by atomic mass is 10.1. The number of fused-ring (bicyclic) bond motifs is 1. The van der Waals surface area contributed by atoms with Gasteiger partial charge in [-0.05, 0) is 24.3 Å². The summed E-state index contributed by atoms with van der Waals surface area (Å²) >= 11 is 3.32. The number of carbonyl (C=O) groups is 2. The zero-order valence-electron chi connectivity index (χ0n) is 9.84. The summed E-state index contributed by atoms with van der Waals surface area (Å²) in [5, 5.41) is 0.483. The molecule has 0 bridgehead atoms. The van der Waals surface area contributed by atoms with Gasteiger partial charge in [-0.1, -0.05) is 28.1 Å². The minimum Gasteiger partial charge on any atom is -0.268 e. The lowest BCUT2D eigenvalue weighted by Gasteiger charge is -2.16. The van der Waals surface area contributed by atoms with E-state index in [-0.39, 0.29) is 11.8 Å². The summed E-state index contributed by atoms with van der Waals surface area (Å²) in [6.07, 6.45) is 1.64. The van der Waals surface area contributed by atoms with Crippen molar-refractivity contribution in [3.63, 3.8) is 0 Å². The molecule has 1 aliphatic heterocycles. The van der Waals surface area contributed by atoms with Crippen LogP contribution in [0.25, 0.3) is 0 Å². The minimum atomic E-state index is -0.296. The average molecular weight is 317 g/mol. The lowest BCUT2D eigenvalue weighted by molar-refractivity contribution is 0.0926. The van der Waals surface area contributed by atoms with E-state index >= 15 is 0 Å². The van der Waals surface area contributed by atoms with E-state index in [4.69, 9.17) is 0 Å². The average Bonchev–Trinajstić information content (AvgIpc) is 2.71. The Morgan fingerprint density at radius 1 is 1.00 bits per heavy atom. The number of nitrogens with zero attached hydrogens (tertiary/aromatic N) is 2. The fraction of sp³-hybridized carbons (Fsp3) is 0.0714. The van der Waals surface area contributed by atoms with Gasteiger partial charge in [-0.25, -0.2) is 4.90 Å². The minimum absolute atomic E-state index is 0.296. The van der Waals surface area contributed by atoms with Gasteiger partial charge in [0, 0.05) is 11.5 Å². The Morgan fingerprint density at radius 3 is 2.21 bits per heavy atom. The summed E-state index contributed by atoms with van der Waals surface area (Å²) in [4.78, 5) is 30.0. The van der Waals surface area contributed by atoms with Gasteiger partial charge >= 0.3 is 0 Å². The zero-order chi connectivity index (χ0) is 13.4. The van der Waals surface area contributed by atoms with Gasteiger partial charge in [-0.3, -0.25) is 14.6 Å². The second-order valence-electron chi connectivity index (χ2n) is 4.09. The molecule has 2 amide bonds. The number of hydrogen-bond acceptors (Lipinski definition) is 3. The fourth-order valence-corrected chi connectivity index (χ4v) is 2.58. The van der Waals surface area contributed by atoms with Crippen LogP contribution in [0.2, 0.25) is 0 Å². The van der Waals surface area contributed by atoms with Crippen molar-refractivity contribution >= 4 is 33.4 Å². The smallest absolute Gasteiger partial charge is 0.266 e. The summed E-state index contributed by atoms with van der Waals surface area (Å²) in [7, 11) is 0.